The Kier molecular flexibility index (Phi) is 2.75. The Bertz CT molecular complexity index is 423. The van der Waals surface area contributed by atoms with Gasteiger partial charge in [0, 0.05) is 15.5 Å². The molecule has 0 saturated carbocycles. The van der Waals surface area contributed by atoms with E-state index >= 15 is 0 Å². The summed E-state index contributed by atoms with van der Waals surface area (Å²) in [7, 11) is 1.67. The third-order valence-electron chi connectivity index (χ3n) is 1.95. The second kappa shape index (κ2) is 4.03. The van der Waals surface area contributed by atoms with Crippen LogP contribution in [0.4, 0.5) is 0 Å². The van der Waals surface area contributed by atoms with E-state index < -0.39 is 0 Å². The van der Waals surface area contributed by atoms with Gasteiger partial charge in [-0.3, -0.25) is 0 Å². The van der Waals surface area contributed by atoms with E-state index in [1.165, 1.54) is 4.88 Å². The quantitative estimate of drug-likeness (QED) is 0.747. The highest BCUT2D eigenvalue weighted by molar-refractivity contribution is 7.13. The summed E-state index contributed by atoms with van der Waals surface area (Å²) in [5, 5.41) is 2.77. The Morgan fingerprint density at radius 2 is 2.14 bits per heavy atom. The van der Waals surface area contributed by atoms with Crippen molar-refractivity contribution in [1.29, 1.82) is 0 Å². The smallest absolute Gasteiger partial charge is 0.127 e. The minimum absolute atomic E-state index is 0.731. The van der Waals surface area contributed by atoms with Crippen molar-refractivity contribution < 1.29 is 4.74 Å². The number of hydrogen-bond donors (Lipinski definition) is 0. The second-order valence-corrected chi connectivity index (χ2v) is 4.21. The largest absolute Gasteiger partial charge is 0.496 e. The number of benzene rings is 1. The van der Waals surface area contributed by atoms with Crippen LogP contribution in [0.3, 0.4) is 0 Å². The molecule has 1 aromatic heterocycles. The first-order valence-electron chi connectivity index (χ1n) is 4.18. The molecule has 0 spiro atoms. The zero-order valence-corrected chi connectivity index (χ0v) is 9.23. The summed E-state index contributed by atoms with van der Waals surface area (Å²) in [5.41, 5.74) is 1.05. The number of methoxy groups -OCH3 is 1. The third-order valence-corrected chi connectivity index (χ3v) is 3.09. The molecule has 0 amide bonds. The standard InChI is InChI=1S/C11H9ClOS/c1-13-10-5-4-8(12)7-9(10)11-3-2-6-14-11/h2-7H,1H3. The summed E-state index contributed by atoms with van der Waals surface area (Å²) in [4.78, 5) is 1.17. The first kappa shape index (κ1) is 9.56. The lowest BCUT2D eigenvalue weighted by molar-refractivity contribution is 0.416. The maximum Gasteiger partial charge on any atom is 0.127 e. The molecule has 0 unspecified atom stereocenters. The number of ether oxygens (including phenoxy) is 1. The van der Waals surface area contributed by atoms with Gasteiger partial charge < -0.3 is 4.74 Å². The van der Waals surface area contributed by atoms with E-state index in [1.807, 2.05) is 29.6 Å². The van der Waals surface area contributed by atoms with Crippen LogP contribution < -0.4 is 4.74 Å². The van der Waals surface area contributed by atoms with Crippen LogP contribution >= 0.6 is 22.9 Å². The highest BCUT2D eigenvalue weighted by atomic mass is 35.5. The first-order valence-corrected chi connectivity index (χ1v) is 5.44. The molecular formula is C11H9ClOS. The SMILES string of the molecule is COc1ccc(Cl)cc1-c1cccs1. The maximum absolute atomic E-state index is 5.94. The third kappa shape index (κ3) is 1.76. The van der Waals surface area contributed by atoms with E-state index in [-0.39, 0.29) is 0 Å². The molecule has 2 rings (SSSR count). The van der Waals surface area contributed by atoms with Crippen LogP contribution in [0, 0.1) is 0 Å². The molecule has 0 fully saturated rings. The van der Waals surface area contributed by atoms with Gasteiger partial charge in [0.1, 0.15) is 5.75 Å². The molecule has 0 bridgehead atoms. The van der Waals surface area contributed by atoms with E-state index in [2.05, 4.69) is 6.07 Å². The van der Waals surface area contributed by atoms with Gasteiger partial charge in [-0.15, -0.1) is 11.3 Å². The lowest BCUT2D eigenvalue weighted by Crippen LogP contribution is -1.85. The lowest BCUT2D eigenvalue weighted by atomic mass is 10.1. The molecule has 0 saturated heterocycles. The molecule has 0 atom stereocenters. The fourth-order valence-corrected chi connectivity index (χ4v) is 2.22. The molecule has 0 aliphatic carbocycles. The number of halogens is 1. The summed E-state index contributed by atoms with van der Waals surface area (Å²) in [6, 6.07) is 9.71. The lowest BCUT2D eigenvalue weighted by Gasteiger charge is -2.06. The predicted octanol–water partition coefficient (Wildman–Crippen LogP) is 4.08. The summed E-state index contributed by atoms with van der Waals surface area (Å²) in [5.74, 6) is 0.858. The van der Waals surface area contributed by atoms with E-state index in [1.54, 1.807) is 18.4 Å². The van der Waals surface area contributed by atoms with Gasteiger partial charge in [0.05, 0.1) is 7.11 Å². The van der Waals surface area contributed by atoms with Crippen molar-refractivity contribution in [2.24, 2.45) is 0 Å². The van der Waals surface area contributed by atoms with Crippen molar-refractivity contribution in [2.75, 3.05) is 7.11 Å². The monoisotopic (exact) mass is 224 g/mol. The van der Waals surface area contributed by atoms with Gasteiger partial charge in [0.2, 0.25) is 0 Å². The molecule has 0 N–H and O–H groups in total. The predicted molar refractivity (Wildman–Crippen MR) is 61.3 cm³/mol. The summed E-state index contributed by atoms with van der Waals surface area (Å²) >= 11 is 7.62. The molecule has 14 heavy (non-hydrogen) atoms. The molecule has 0 aliphatic rings. The molecule has 2 aromatic rings. The van der Waals surface area contributed by atoms with E-state index in [9.17, 15) is 0 Å². The van der Waals surface area contributed by atoms with Crippen LogP contribution in [0.15, 0.2) is 35.7 Å². The molecular weight excluding hydrogens is 216 g/mol. The van der Waals surface area contributed by atoms with Crippen molar-refractivity contribution in [2.45, 2.75) is 0 Å². The first-order chi connectivity index (χ1) is 6.81. The normalized spacial score (nSPS) is 10.1. The van der Waals surface area contributed by atoms with Gasteiger partial charge in [-0.05, 0) is 29.6 Å². The molecule has 72 valence electrons. The summed E-state index contributed by atoms with van der Waals surface area (Å²) < 4.78 is 5.27. The minimum Gasteiger partial charge on any atom is -0.496 e. The van der Waals surface area contributed by atoms with Gasteiger partial charge in [0.15, 0.2) is 0 Å². The van der Waals surface area contributed by atoms with E-state index in [0.29, 0.717) is 0 Å². The van der Waals surface area contributed by atoms with Gasteiger partial charge in [-0.2, -0.15) is 0 Å². The fourth-order valence-electron chi connectivity index (χ4n) is 1.30. The molecule has 1 aromatic carbocycles. The average Bonchev–Trinajstić information content (AvgIpc) is 2.70. The Morgan fingerprint density at radius 3 is 2.79 bits per heavy atom. The topological polar surface area (TPSA) is 9.23 Å². The Labute approximate surface area is 91.9 Å². The Hall–Kier alpha value is -0.990. The second-order valence-electron chi connectivity index (χ2n) is 2.82. The van der Waals surface area contributed by atoms with E-state index in [0.717, 1.165) is 16.3 Å². The molecule has 1 heterocycles. The fraction of sp³-hybridized carbons (Fsp3) is 0.0909. The number of rotatable bonds is 2. The highest BCUT2D eigenvalue weighted by Crippen LogP contribution is 2.34. The van der Waals surface area contributed by atoms with Crippen molar-refractivity contribution in [1.82, 2.24) is 0 Å². The Morgan fingerprint density at radius 1 is 1.29 bits per heavy atom. The van der Waals surface area contributed by atoms with E-state index in [4.69, 9.17) is 16.3 Å². The molecule has 0 radical (unpaired) electrons. The van der Waals surface area contributed by atoms with Gasteiger partial charge in [-0.25, -0.2) is 0 Å². The van der Waals surface area contributed by atoms with Crippen molar-refractivity contribution in [3.8, 4) is 16.2 Å². The summed E-state index contributed by atoms with van der Waals surface area (Å²) in [6.07, 6.45) is 0. The highest BCUT2D eigenvalue weighted by Gasteiger charge is 2.06. The summed E-state index contributed by atoms with van der Waals surface area (Å²) in [6.45, 7) is 0. The van der Waals surface area contributed by atoms with Crippen LogP contribution in [-0.2, 0) is 0 Å². The van der Waals surface area contributed by atoms with Crippen molar-refractivity contribution >= 4 is 22.9 Å². The Balaban J connectivity index is 2.55. The molecule has 0 aliphatic heterocycles. The van der Waals surface area contributed by atoms with Crippen LogP contribution in [0.25, 0.3) is 10.4 Å². The van der Waals surface area contributed by atoms with Gasteiger partial charge in [0.25, 0.3) is 0 Å². The van der Waals surface area contributed by atoms with Crippen LogP contribution in [0.2, 0.25) is 5.02 Å². The number of hydrogen-bond acceptors (Lipinski definition) is 2. The zero-order chi connectivity index (χ0) is 9.97. The van der Waals surface area contributed by atoms with Crippen LogP contribution in [0.1, 0.15) is 0 Å². The minimum atomic E-state index is 0.731. The van der Waals surface area contributed by atoms with Crippen molar-refractivity contribution in [3.05, 3.63) is 40.7 Å². The van der Waals surface area contributed by atoms with Crippen LogP contribution in [-0.4, -0.2) is 7.11 Å². The maximum atomic E-state index is 5.94. The molecule has 3 heteroatoms. The molecule has 1 nitrogen and oxygen atoms in total. The number of thiophene rings is 1. The van der Waals surface area contributed by atoms with Crippen LogP contribution in [0.5, 0.6) is 5.75 Å². The van der Waals surface area contributed by atoms with Gasteiger partial charge >= 0.3 is 0 Å². The average molecular weight is 225 g/mol. The van der Waals surface area contributed by atoms with Crippen molar-refractivity contribution in [3.63, 3.8) is 0 Å². The zero-order valence-electron chi connectivity index (χ0n) is 7.66. The van der Waals surface area contributed by atoms with Gasteiger partial charge in [-0.1, -0.05) is 17.7 Å².